The number of halogens is 2. The number of hydrogen-bond donors (Lipinski definition) is 2. The van der Waals surface area contributed by atoms with Gasteiger partial charge in [0.2, 0.25) is 0 Å². The van der Waals surface area contributed by atoms with E-state index in [2.05, 4.69) is 33.5 Å². The normalized spacial score (nSPS) is 23.4. The third kappa shape index (κ3) is 2.65. The number of benzene rings is 1. The van der Waals surface area contributed by atoms with Crippen LogP contribution in [-0.2, 0) is 0 Å². The third-order valence-corrected chi connectivity index (χ3v) is 4.08. The van der Waals surface area contributed by atoms with Crippen LogP contribution in [0, 0.1) is 17.1 Å². The molecule has 1 fully saturated rings. The second kappa shape index (κ2) is 5.68. The zero-order chi connectivity index (χ0) is 13.1. The van der Waals surface area contributed by atoms with E-state index in [9.17, 15) is 4.39 Å². The monoisotopic (exact) mass is 311 g/mol. The average molecular weight is 312 g/mol. The largest absolute Gasteiger partial charge is 0.378 e. The smallest absolute Gasteiger partial charge is 0.161 e. The number of hydrogen-bond acceptors (Lipinski definition) is 3. The van der Waals surface area contributed by atoms with Gasteiger partial charge in [0.15, 0.2) is 5.82 Å². The van der Waals surface area contributed by atoms with Crippen molar-refractivity contribution in [1.29, 1.82) is 5.26 Å². The summed E-state index contributed by atoms with van der Waals surface area (Å²) in [6.07, 6.45) is 2.10. The molecule has 2 rings (SSSR count). The topological polar surface area (TPSA) is 47.8 Å². The third-order valence-electron chi connectivity index (χ3n) is 3.31. The van der Waals surface area contributed by atoms with Crippen LogP contribution in [0.1, 0.15) is 25.3 Å². The molecule has 1 heterocycles. The van der Waals surface area contributed by atoms with E-state index >= 15 is 0 Å². The second-order valence-corrected chi connectivity index (χ2v) is 5.33. The van der Waals surface area contributed by atoms with Gasteiger partial charge in [-0.3, -0.25) is 0 Å². The lowest BCUT2D eigenvalue weighted by Gasteiger charge is -2.31. The molecule has 1 aliphatic heterocycles. The summed E-state index contributed by atoms with van der Waals surface area (Å²) >= 11 is 3.12. The van der Waals surface area contributed by atoms with Crippen molar-refractivity contribution in [2.75, 3.05) is 11.9 Å². The fourth-order valence-electron chi connectivity index (χ4n) is 2.19. The molecule has 1 aromatic rings. The fraction of sp³-hybridized carbons (Fsp3) is 0.462. The Morgan fingerprint density at radius 3 is 3.00 bits per heavy atom. The van der Waals surface area contributed by atoms with Crippen molar-refractivity contribution < 1.29 is 4.39 Å². The van der Waals surface area contributed by atoms with Crippen LogP contribution >= 0.6 is 15.9 Å². The zero-order valence-electron chi connectivity index (χ0n) is 10.1. The molecule has 18 heavy (non-hydrogen) atoms. The molecule has 1 saturated heterocycles. The molecule has 0 saturated carbocycles. The van der Waals surface area contributed by atoms with Crippen molar-refractivity contribution in [3.05, 3.63) is 28.0 Å². The SMILES string of the molecule is CC1NCCCC1Nc1ccc(C#N)c(Br)c1F. The number of nitriles is 1. The Labute approximate surface area is 115 Å². The van der Waals surface area contributed by atoms with Crippen molar-refractivity contribution in [1.82, 2.24) is 5.32 Å². The van der Waals surface area contributed by atoms with Crippen LogP contribution in [0.2, 0.25) is 0 Å². The van der Waals surface area contributed by atoms with Gasteiger partial charge in [-0.2, -0.15) is 5.26 Å². The Morgan fingerprint density at radius 1 is 1.56 bits per heavy atom. The van der Waals surface area contributed by atoms with Gasteiger partial charge in [0.1, 0.15) is 6.07 Å². The zero-order valence-corrected chi connectivity index (χ0v) is 11.7. The van der Waals surface area contributed by atoms with Crippen LogP contribution in [0.15, 0.2) is 16.6 Å². The maximum atomic E-state index is 14.1. The van der Waals surface area contributed by atoms with Crippen LogP contribution < -0.4 is 10.6 Å². The molecule has 1 aromatic carbocycles. The Balaban J connectivity index is 2.19. The average Bonchev–Trinajstić information content (AvgIpc) is 2.38. The Morgan fingerprint density at radius 2 is 2.33 bits per heavy atom. The van der Waals surface area contributed by atoms with Crippen molar-refractivity contribution in [2.24, 2.45) is 0 Å². The molecule has 0 aromatic heterocycles. The molecule has 0 aliphatic carbocycles. The van der Waals surface area contributed by atoms with Gasteiger partial charge in [0.25, 0.3) is 0 Å². The summed E-state index contributed by atoms with van der Waals surface area (Å²) in [6.45, 7) is 3.10. The first-order valence-corrected chi connectivity index (χ1v) is 6.81. The van der Waals surface area contributed by atoms with E-state index in [0.29, 0.717) is 17.3 Å². The molecule has 0 amide bonds. The van der Waals surface area contributed by atoms with Crippen LogP contribution in [0.5, 0.6) is 0 Å². The lowest BCUT2D eigenvalue weighted by Crippen LogP contribution is -2.46. The molecule has 5 heteroatoms. The summed E-state index contributed by atoms with van der Waals surface area (Å²) in [6, 6.07) is 5.72. The predicted octanol–water partition coefficient (Wildman–Crippen LogP) is 3.01. The first kappa shape index (κ1) is 13.3. The van der Waals surface area contributed by atoms with Gasteiger partial charge >= 0.3 is 0 Å². The van der Waals surface area contributed by atoms with E-state index in [1.807, 2.05) is 6.07 Å². The molecule has 2 atom stereocenters. The van der Waals surface area contributed by atoms with Gasteiger partial charge in [0.05, 0.1) is 15.7 Å². The highest BCUT2D eigenvalue weighted by Crippen LogP contribution is 2.28. The van der Waals surface area contributed by atoms with Gasteiger partial charge in [-0.05, 0) is 54.4 Å². The minimum Gasteiger partial charge on any atom is -0.378 e. The van der Waals surface area contributed by atoms with Crippen LogP contribution in [0.4, 0.5) is 10.1 Å². The summed E-state index contributed by atoms with van der Waals surface area (Å²) < 4.78 is 14.3. The second-order valence-electron chi connectivity index (χ2n) is 4.54. The summed E-state index contributed by atoms with van der Waals surface area (Å²) in [7, 11) is 0. The summed E-state index contributed by atoms with van der Waals surface area (Å²) in [5.41, 5.74) is 0.759. The van der Waals surface area contributed by atoms with Crippen LogP contribution in [0.25, 0.3) is 0 Å². The van der Waals surface area contributed by atoms with Gasteiger partial charge in [-0.15, -0.1) is 0 Å². The van der Waals surface area contributed by atoms with Crippen molar-refractivity contribution >= 4 is 21.6 Å². The number of anilines is 1. The van der Waals surface area contributed by atoms with Crippen molar-refractivity contribution in [3.63, 3.8) is 0 Å². The highest BCUT2D eigenvalue weighted by molar-refractivity contribution is 9.10. The number of nitrogens with zero attached hydrogens (tertiary/aromatic N) is 1. The van der Waals surface area contributed by atoms with Crippen molar-refractivity contribution in [2.45, 2.75) is 31.8 Å². The lowest BCUT2D eigenvalue weighted by atomic mass is 9.99. The highest BCUT2D eigenvalue weighted by Gasteiger charge is 2.22. The number of rotatable bonds is 2. The van der Waals surface area contributed by atoms with E-state index < -0.39 is 5.82 Å². The quantitative estimate of drug-likeness (QED) is 0.882. The van der Waals surface area contributed by atoms with Crippen LogP contribution in [-0.4, -0.2) is 18.6 Å². The molecule has 2 N–H and O–H groups in total. The maximum absolute atomic E-state index is 14.1. The first-order valence-electron chi connectivity index (χ1n) is 6.01. The van der Waals surface area contributed by atoms with Gasteiger partial charge < -0.3 is 10.6 Å². The molecule has 0 radical (unpaired) electrons. The molecular weight excluding hydrogens is 297 g/mol. The van der Waals surface area contributed by atoms with E-state index in [4.69, 9.17) is 5.26 Å². The number of piperidine rings is 1. The van der Waals surface area contributed by atoms with E-state index in [-0.39, 0.29) is 10.5 Å². The Bertz CT molecular complexity index is 484. The minimum atomic E-state index is -0.396. The molecule has 0 bridgehead atoms. The van der Waals surface area contributed by atoms with Crippen molar-refractivity contribution in [3.8, 4) is 6.07 Å². The van der Waals surface area contributed by atoms with E-state index in [0.717, 1.165) is 19.4 Å². The molecule has 3 nitrogen and oxygen atoms in total. The molecule has 96 valence electrons. The van der Waals surface area contributed by atoms with E-state index in [1.54, 1.807) is 12.1 Å². The predicted molar refractivity (Wildman–Crippen MR) is 72.9 cm³/mol. The summed E-state index contributed by atoms with van der Waals surface area (Å²) in [5, 5.41) is 15.4. The van der Waals surface area contributed by atoms with Gasteiger partial charge in [0, 0.05) is 12.1 Å². The molecular formula is C13H15BrFN3. The fourth-order valence-corrected chi connectivity index (χ4v) is 2.62. The lowest BCUT2D eigenvalue weighted by molar-refractivity contribution is 0.388. The molecule has 2 unspecified atom stereocenters. The number of nitrogens with one attached hydrogen (secondary N) is 2. The standard InChI is InChI=1S/C13H15BrFN3/c1-8-10(3-2-6-17-8)18-11-5-4-9(7-16)12(14)13(11)15/h4-5,8,10,17-18H,2-3,6H2,1H3. The summed E-state index contributed by atoms with van der Waals surface area (Å²) in [5.74, 6) is -0.396. The first-order chi connectivity index (χ1) is 8.63. The molecule has 1 aliphatic rings. The molecule has 0 spiro atoms. The van der Waals surface area contributed by atoms with Crippen LogP contribution in [0.3, 0.4) is 0 Å². The van der Waals surface area contributed by atoms with E-state index in [1.165, 1.54) is 0 Å². The highest BCUT2D eigenvalue weighted by atomic mass is 79.9. The minimum absolute atomic E-state index is 0.216. The Hall–Kier alpha value is -1.12. The maximum Gasteiger partial charge on any atom is 0.161 e. The Kier molecular flexibility index (Phi) is 4.20. The van der Waals surface area contributed by atoms with Gasteiger partial charge in [-0.1, -0.05) is 0 Å². The van der Waals surface area contributed by atoms with Gasteiger partial charge in [-0.25, -0.2) is 4.39 Å². The summed E-state index contributed by atoms with van der Waals surface area (Å²) in [4.78, 5) is 0.